The van der Waals surface area contributed by atoms with Crippen LogP contribution in [0, 0.1) is 18.8 Å². The van der Waals surface area contributed by atoms with Crippen LogP contribution >= 0.6 is 0 Å². The summed E-state index contributed by atoms with van der Waals surface area (Å²) < 4.78 is 6.29. The third-order valence-electron chi connectivity index (χ3n) is 5.28. The fourth-order valence-corrected chi connectivity index (χ4v) is 3.76. The molecule has 0 fully saturated rings. The molecule has 0 spiro atoms. The van der Waals surface area contributed by atoms with E-state index in [-0.39, 0.29) is 12.2 Å². The molecule has 1 aliphatic heterocycles. The zero-order valence-corrected chi connectivity index (χ0v) is 15.6. The van der Waals surface area contributed by atoms with E-state index in [4.69, 9.17) is 9.72 Å². The number of ether oxygens (including phenoxy) is 1. The molecular weight excluding hydrogens is 270 g/mol. The summed E-state index contributed by atoms with van der Waals surface area (Å²) in [5, 5.41) is 0. The first-order valence-electron chi connectivity index (χ1n) is 8.89. The Morgan fingerprint density at radius 2 is 1.77 bits per heavy atom. The molecule has 0 saturated heterocycles. The maximum absolute atomic E-state index is 6.29. The molecule has 0 amide bonds. The molecule has 0 radical (unpaired) electrons. The lowest BCUT2D eigenvalue weighted by Crippen LogP contribution is -2.29. The largest absolute Gasteiger partial charge is 0.369 e. The topological polar surface area (TPSA) is 22.1 Å². The highest BCUT2D eigenvalue weighted by atomic mass is 16.5. The molecule has 0 aromatic carbocycles. The Balaban J connectivity index is 2.68. The smallest absolute Gasteiger partial charge is 0.0973 e. The van der Waals surface area contributed by atoms with Gasteiger partial charge in [0, 0.05) is 5.69 Å². The second-order valence-corrected chi connectivity index (χ2v) is 7.85. The van der Waals surface area contributed by atoms with Gasteiger partial charge in [-0.2, -0.15) is 0 Å². The Hall–Kier alpha value is -0.890. The second kappa shape index (κ2) is 6.70. The predicted octanol–water partition coefficient (Wildman–Crippen LogP) is 5.76. The molecule has 22 heavy (non-hydrogen) atoms. The Bertz CT molecular complexity index is 521. The van der Waals surface area contributed by atoms with Crippen molar-refractivity contribution < 1.29 is 4.74 Å². The van der Waals surface area contributed by atoms with E-state index in [9.17, 15) is 0 Å². The van der Waals surface area contributed by atoms with Gasteiger partial charge >= 0.3 is 0 Å². The Morgan fingerprint density at radius 3 is 2.32 bits per heavy atom. The van der Waals surface area contributed by atoms with Gasteiger partial charge in [0.2, 0.25) is 0 Å². The van der Waals surface area contributed by atoms with Crippen molar-refractivity contribution in [3.05, 3.63) is 28.6 Å². The predicted molar refractivity (Wildman–Crippen MR) is 93.4 cm³/mol. The lowest BCUT2D eigenvalue weighted by atomic mass is 9.75. The minimum absolute atomic E-state index is 0.0754. The fourth-order valence-electron chi connectivity index (χ4n) is 3.76. The zero-order valence-electron chi connectivity index (χ0n) is 15.6. The molecule has 1 unspecified atom stereocenters. The van der Waals surface area contributed by atoms with Crippen LogP contribution in [0.4, 0.5) is 0 Å². The van der Waals surface area contributed by atoms with E-state index in [1.165, 1.54) is 23.2 Å². The van der Waals surface area contributed by atoms with Crippen LogP contribution in [-0.4, -0.2) is 11.1 Å². The van der Waals surface area contributed by atoms with Gasteiger partial charge in [-0.15, -0.1) is 0 Å². The average Bonchev–Trinajstić information content (AvgIpc) is 2.42. The van der Waals surface area contributed by atoms with Crippen LogP contribution in [0.25, 0.3) is 0 Å². The lowest BCUT2D eigenvalue weighted by molar-refractivity contribution is -0.0330. The lowest BCUT2D eigenvalue weighted by Gasteiger charge is -2.37. The molecule has 1 aromatic heterocycles. The first kappa shape index (κ1) is 17.5. The van der Waals surface area contributed by atoms with Crippen molar-refractivity contribution in [2.75, 3.05) is 0 Å². The fraction of sp³-hybridized carbons (Fsp3) is 0.750. The van der Waals surface area contributed by atoms with Crippen LogP contribution in [0.1, 0.15) is 95.3 Å². The summed E-state index contributed by atoms with van der Waals surface area (Å²) in [5.41, 5.74) is 5.24. The number of nitrogens with zero attached hydrogens (tertiary/aromatic N) is 1. The normalized spacial score (nSPS) is 29.4. The minimum Gasteiger partial charge on any atom is -0.369 e. The molecule has 1 aromatic rings. The van der Waals surface area contributed by atoms with Gasteiger partial charge in [-0.05, 0) is 68.1 Å². The SMILES string of the molecule is Cc1cc(C(C)C)c2c(n1)[C@@H](C)O[C@@H](C)[C@@H](C)CC2C(C)C. The number of fused-ring (bicyclic) bond motifs is 1. The monoisotopic (exact) mass is 303 g/mol. The van der Waals surface area contributed by atoms with E-state index >= 15 is 0 Å². The Labute approximate surface area is 136 Å². The summed E-state index contributed by atoms with van der Waals surface area (Å²) >= 11 is 0. The maximum Gasteiger partial charge on any atom is 0.0973 e. The number of hydrogen-bond donors (Lipinski definition) is 0. The van der Waals surface area contributed by atoms with Crippen LogP contribution in [0.15, 0.2) is 6.07 Å². The van der Waals surface area contributed by atoms with Gasteiger partial charge < -0.3 is 4.74 Å². The van der Waals surface area contributed by atoms with Crippen molar-refractivity contribution in [2.24, 2.45) is 11.8 Å². The second-order valence-electron chi connectivity index (χ2n) is 7.85. The third-order valence-corrected chi connectivity index (χ3v) is 5.28. The van der Waals surface area contributed by atoms with Crippen molar-refractivity contribution in [3.8, 4) is 0 Å². The van der Waals surface area contributed by atoms with E-state index in [0.717, 1.165) is 5.69 Å². The quantitative estimate of drug-likeness (QED) is 0.693. The van der Waals surface area contributed by atoms with Crippen LogP contribution in [0.2, 0.25) is 0 Å². The summed E-state index contributed by atoms with van der Waals surface area (Å²) in [5.74, 6) is 2.30. The highest BCUT2D eigenvalue weighted by Crippen LogP contribution is 2.43. The Kier molecular flexibility index (Phi) is 5.32. The van der Waals surface area contributed by atoms with Gasteiger partial charge in [-0.3, -0.25) is 4.98 Å². The molecule has 2 nitrogen and oxygen atoms in total. The standard InChI is InChI=1S/C20H33NO/c1-11(2)17-9-13(5)15(7)22-16(8)20-19(17)18(12(3)4)10-14(6)21-20/h10-13,15-17H,9H2,1-8H3/t13-,15-,16+,17?/m0/s1. The summed E-state index contributed by atoms with van der Waals surface area (Å²) in [4.78, 5) is 4.91. The summed E-state index contributed by atoms with van der Waals surface area (Å²) in [6, 6.07) is 2.29. The highest BCUT2D eigenvalue weighted by molar-refractivity contribution is 5.39. The van der Waals surface area contributed by atoms with Crippen LogP contribution in [0.3, 0.4) is 0 Å². The molecule has 0 aliphatic carbocycles. The molecule has 2 heterocycles. The van der Waals surface area contributed by atoms with Crippen molar-refractivity contribution >= 4 is 0 Å². The highest BCUT2D eigenvalue weighted by Gasteiger charge is 2.33. The van der Waals surface area contributed by atoms with Gasteiger partial charge in [0.25, 0.3) is 0 Å². The number of rotatable bonds is 2. The summed E-state index contributed by atoms with van der Waals surface area (Å²) in [7, 11) is 0. The molecule has 1 aliphatic rings. The van der Waals surface area contributed by atoms with Gasteiger partial charge in [-0.25, -0.2) is 0 Å². The van der Waals surface area contributed by atoms with Crippen molar-refractivity contribution in [3.63, 3.8) is 0 Å². The van der Waals surface area contributed by atoms with Gasteiger partial charge in [0.15, 0.2) is 0 Å². The number of hydrogen-bond acceptors (Lipinski definition) is 2. The third kappa shape index (κ3) is 3.37. The van der Waals surface area contributed by atoms with Crippen LogP contribution < -0.4 is 0 Å². The first-order valence-corrected chi connectivity index (χ1v) is 8.89. The van der Waals surface area contributed by atoms with E-state index in [1.807, 2.05) is 0 Å². The van der Waals surface area contributed by atoms with Crippen LogP contribution in [0.5, 0.6) is 0 Å². The summed E-state index contributed by atoms with van der Waals surface area (Å²) in [6.07, 6.45) is 1.55. The van der Waals surface area contributed by atoms with Gasteiger partial charge in [0.05, 0.1) is 17.9 Å². The van der Waals surface area contributed by atoms with Gasteiger partial charge in [0.1, 0.15) is 0 Å². The van der Waals surface area contributed by atoms with Crippen molar-refractivity contribution in [1.82, 2.24) is 4.98 Å². The molecule has 0 bridgehead atoms. The molecule has 2 heteroatoms. The molecule has 0 N–H and O–H groups in total. The van der Waals surface area contributed by atoms with Gasteiger partial charge in [-0.1, -0.05) is 34.6 Å². The average molecular weight is 303 g/mol. The van der Waals surface area contributed by atoms with Crippen molar-refractivity contribution in [2.45, 2.75) is 85.9 Å². The van der Waals surface area contributed by atoms with Crippen molar-refractivity contribution in [1.29, 1.82) is 0 Å². The number of aromatic nitrogens is 1. The van der Waals surface area contributed by atoms with E-state index in [2.05, 4.69) is 61.5 Å². The van der Waals surface area contributed by atoms with E-state index in [0.29, 0.717) is 23.7 Å². The first-order chi connectivity index (χ1) is 10.2. The molecule has 2 rings (SSSR count). The zero-order chi connectivity index (χ0) is 16.6. The molecular formula is C20H33NO. The summed E-state index contributed by atoms with van der Waals surface area (Å²) in [6.45, 7) is 18.1. The molecule has 0 saturated carbocycles. The number of pyridine rings is 1. The minimum atomic E-state index is 0.0754. The molecule has 4 atom stereocenters. The van der Waals surface area contributed by atoms with E-state index in [1.54, 1.807) is 0 Å². The Morgan fingerprint density at radius 1 is 1.14 bits per heavy atom. The molecule has 124 valence electrons. The van der Waals surface area contributed by atoms with Crippen LogP contribution in [-0.2, 0) is 4.74 Å². The number of aryl methyl sites for hydroxylation is 1. The van der Waals surface area contributed by atoms with E-state index < -0.39 is 0 Å². The maximum atomic E-state index is 6.29.